The third-order valence-electron chi connectivity index (χ3n) is 4.97. The number of carbonyl (C=O) groups excluding carboxylic acids is 1. The van der Waals surface area contributed by atoms with Crippen LogP contribution in [0.5, 0.6) is 0 Å². The molecule has 21 heavy (non-hydrogen) atoms. The van der Waals surface area contributed by atoms with E-state index in [9.17, 15) is 4.79 Å². The minimum Gasteiger partial charge on any atom is -0.339 e. The number of pyridine rings is 1. The highest BCUT2D eigenvalue weighted by molar-refractivity contribution is 5.77. The zero-order valence-electron chi connectivity index (χ0n) is 12.9. The van der Waals surface area contributed by atoms with E-state index in [0.717, 1.165) is 38.9 Å². The Kier molecular flexibility index (Phi) is 4.54. The van der Waals surface area contributed by atoms with E-state index in [1.807, 2.05) is 12.1 Å². The predicted molar refractivity (Wildman–Crippen MR) is 82.9 cm³/mol. The van der Waals surface area contributed by atoms with Crippen LogP contribution in [0.25, 0.3) is 0 Å². The van der Waals surface area contributed by atoms with E-state index in [1.54, 1.807) is 12.4 Å². The lowest BCUT2D eigenvalue weighted by Gasteiger charge is -2.46. The van der Waals surface area contributed by atoms with Gasteiger partial charge in [-0.15, -0.1) is 0 Å². The first-order valence-electron chi connectivity index (χ1n) is 8.11. The Hall–Kier alpha value is -1.42. The summed E-state index contributed by atoms with van der Waals surface area (Å²) >= 11 is 0. The van der Waals surface area contributed by atoms with Crippen molar-refractivity contribution in [1.29, 1.82) is 0 Å². The van der Waals surface area contributed by atoms with Crippen molar-refractivity contribution in [3.05, 3.63) is 30.1 Å². The molecule has 2 unspecified atom stereocenters. The highest BCUT2D eigenvalue weighted by atomic mass is 16.2. The maximum atomic E-state index is 12.6. The van der Waals surface area contributed by atoms with Crippen molar-refractivity contribution in [3.8, 4) is 0 Å². The molecule has 2 aliphatic rings. The number of hydrogen-bond acceptors (Lipinski definition) is 3. The number of carbonyl (C=O) groups is 1. The van der Waals surface area contributed by atoms with E-state index in [4.69, 9.17) is 0 Å². The summed E-state index contributed by atoms with van der Waals surface area (Å²) < 4.78 is 0. The standard InChI is InChI=1S/C17H25N3O/c1-19-12-8-16-15(13-19)3-2-11-20(16)17(21)5-4-14-6-9-18-10-7-14/h6-7,9-10,15-16H,2-5,8,11-13H2,1H3. The van der Waals surface area contributed by atoms with Gasteiger partial charge in [0, 0.05) is 37.9 Å². The smallest absolute Gasteiger partial charge is 0.223 e. The largest absolute Gasteiger partial charge is 0.339 e. The second-order valence-corrected chi connectivity index (χ2v) is 6.46. The van der Waals surface area contributed by atoms with Gasteiger partial charge >= 0.3 is 0 Å². The summed E-state index contributed by atoms with van der Waals surface area (Å²) in [5.74, 6) is 1.02. The van der Waals surface area contributed by atoms with Gasteiger partial charge in [-0.25, -0.2) is 0 Å². The number of aromatic nitrogens is 1. The molecule has 2 aliphatic heterocycles. The molecule has 2 saturated heterocycles. The maximum absolute atomic E-state index is 12.6. The molecule has 0 N–H and O–H groups in total. The molecule has 0 aliphatic carbocycles. The molecule has 1 aromatic heterocycles. The highest BCUT2D eigenvalue weighted by Gasteiger charge is 2.36. The molecule has 0 aromatic carbocycles. The van der Waals surface area contributed by atoms with Crippen LogP contribution < -0.4 is 0 Å². The van der Waals surface area contributed by atoms with Gasteiger partial charge in [0.05, 0.1) is 0 Å². The van der Waals surface area contributed by atoms with Crippen molar-refractivity contribution in [3.63, 3.8) is 0 Å². The number of amides is 1. The lowest BCUT2D eigenvalue weighted by Crippen LogP contribution is -2.55. The Morgan fingerprint density at radius 3 is 2.90 bits per heavy atom. The van der Waals surface area contributed by atoms with E-state index in [-0.39, 0.29) is 0 Å². The van der Waals surface area contributed by atoms with Gasteiger partial charge in [-0.2, -0.15) is 0 Å². The molecule has 4 nitrogen and oxygen atoms in total. The van der Waals surface area contributed by atoms with Crippen molar-refractivity contribution in [2.24, 2.45) is 5.92 Å². The van der Waals surface area contributed by atoms with Crippen LogP contribution in [0, 0.1) is 5.92 Å². The highest BCUT2D eigenvalue weighted by Crippen LogP contribution is 2.30. The Morgan fingerprint density at radius 2 is 2.10 bits per heavy atom. The molecule has 0 spiro atoms. The van der Waals surface area contributed by atoms with Crippen molar-refractivity contribution in [2.75, 3.05) is 26.7 Å². The Balaban J connectivity index is 1.58. The minimum absolute atomic E-state index is 0.339. The molecular formula is C17H25N3O. The van der Waals surface area contributed by atoms with Crippen LogP contribution in [-0.4, -0.2) is 53.4 Å². The van der Waals surface area contributed by atoms with E-state index in [0.29, 0.717) is 24.3 Å². The van der Waals surface area contributed by atoms with Crippen LogP contribution in [0.15, 0.2) is 24.5 Å². The first kappa shape index (κ1) is 14.5. The fraction of sp³-hybridized carbons (Fsp3) is 0.647. The number of rotatable bonds is 3. The molecule has 0 bridgehead atoms. The molecule has 3 rings (SSSR count). The molecule has 0 radical (unpaired) electrons. The molecule has 4 heteroatoms. The topological polar surface area (TPSA) is 36.4 Å². The number of fused-ring (bicyclic) bond motifs is 1. The molecule has 3 heterocycles. The Bertz CT molecular complexity index is 476. The van der Waals surface area contributed by atoms with Gasteiger partial charge in [-0.3, -0.25) is 9.78 Å². The molecule has 114 valence electrons. The SMILES string of the molecule is CN1CCC2C(CCCN2C(=O)CCc2ccncc2)C1. The fourth-order valence-electron chi connectivity index (χ4n) is 3.84. The third-order valence-corrected chi connectivity index (χ3v) is 4.97. The monoisotopic (exact) mass is 287 g/mol. The van der Waals surface area contributed by atoms with Gasteiger partial charge in [0.15, 0.2) is 0 Å². The minimum atomic E-state index is 0.339. The van der Waals surface area contributed by atoms with Gasteiger partial charge in [0.2, 0.25) is 5.91 Å². The van der Waals surface area contributed by atoms with Gasteiger partial charge in [0.1, 0.15) is 0 Å². The second kappa shape index (κ2) is 6.56. The van der Waals surface area contributed by atoms with Crippen LogP contribution in [-0.2, 0) is 11.2 Å². The summed E-state index contributed by atoms with van der Waals surface area (Å²) in [5, 5.41) is 0. The summed E-state index contributed by atoms with van der Waals surface area (Å²) in [5.41, 5.74) is 1.20. The second-order valence-electron chi connectivity index (χ2n) is 6.46. The van der Waals surface area contributed by atoms with Crippen LogP contribution in [0.2, 0.25) is 0 Å². The van der Waals surface area contributed by atoms with Crippen molar-refractivity contribution in [1.82, 2.24) is 14.8 Å². The first-order valence-corrected chi connectivity index (χ1v) is 8.11. The normalized spacial score (nSPS) is 26.4. The van der Waals surface area contributed by atoms with Crippen LogP contribution in [0.3, 0.4) is 0 Å². The zero-order chi connectivity index (χ0) is 14.7. The zero-order valence-corrected chi connectivity index (χ0v) is 12.9. The summed E-state index contributed by atoms with van der Waals surface area (Å²) in [6.45, 7) is 3.23. The molecule has 1 aromatic rings. The van der Waals surface area contributed by atoms with Crippen LogP contribution in [0.1, 0.15) is 31.2 Å². The number of piperidine rings is 2. The van der Waals surface area contributed by atoms with Crippen molar-refractivity contribution in [2.45, 2.75) is 38.1 Å². The van der Waals surface area contributed by atoms with Gasteiger partial charge in [0.25, 0.3) is 0 Å². The first-order chi connectivity index (χ1) is 10.2. The number of aryl methyl sites for hydroxylation is 1. The summed E-state index contributed by atoms with van der Waals surface area (Å²) in [6, 6.07) is 4.49. The molecule has 2 atom stereocenters. The van der Waals surface area contributed by atoms with Gasteiger partial charge in [-0.1, -0.05) is 0 Å². The van der Waals surface area contributed by atoms with E-state index in [1.165, 1.54) is 12.0 Å². The summed E-state index contributed by atoms with van der Waals surface area (Å²) in [6.07, 6.45) is 8.64. The lowest BCUT2D eigenvalue weighted by molar-refractivity contribution is -0.138. The molecular weight excluding hydrogens is 262 g/mol. The fourth-order valence-corrected chi connectivity index (χ4v) is 3.84. The van der Waals surface area contributed by atoms with E-state index in [2.05, 4.69) is 21.8 Å². The average molecular weight is 287 g/mol. The maximum Gasteiger partial charge on any atom is 0.223 e. The Morgan fingerprint density at radius 1 is 1.29 bits per heavy atom. The van der Waals surface area contributed by atoms with E-state index < -0.39 is 0 Å². The molecule has 0 saturated carbocycles. The van der Waals surface area contributed by atoms with Crippen molar-refractivity contribution < 1.29 is 4.79 Å². The molecule has 1 amide bonds. The molecule has 2 fully saturated rings. The third kappa shape index (κ3) is 3.43. The number of hydrogen-bond donors (Lipinski definition) is 0. The summed E-state index contributed by atoms with van der Waals surface area (Å²) in [7, 11) is 2.19. The Labute approximate surface area is 127 Å². The lowest BCUT2D eigenvalue weighted by atomic mass is 9.83. The summed E-state index contributed by atoms with van der Waals surface area (Å²) in [4.78, 5) is 21.2. The quantitative estimate of drug-likeness (QED) is 0.852. The van der Waals surface area contributed by atoms with E-state index >= 15 is 0 Å². The van der Waals surface area contributed by atoms with Crippen molar-refractivity contribution >= 4 is 5.91 Å². The van der Waals surface area contributed by atoms with Gasteiger partial charge in [-0.05, 0) is 62.9 Å². The van der Waals surface area contributed by atoms with Crippen LogP contribution >= 0.6 is 0 Å². The van der Waals surface area contributed by atoms with Gasteiger partial charge < -0.3 is 9.80 Å². The average Bonchev–Trinajstić information content (AvgIpc) is 2.52. The number of likely N-dealkylation sites (tertiary alicyclic amines) is 2. The van der Waals surface area contributed by atoms with Crippen LogP contribution in [0.4, 0.5) is 0 Å². The predicted octanol–water partition coefficient (Wildman–Crippen LogP) is 1.96. The number of nitrogens with zero attached hydrogens (tertiary/aromatic N) is 3.